The number of aryl methyl sites for hydroxylation is 1. The summed E-state index contributed by atoms with van der Waals surface area (Å²) in [7, 11) is 0. The van der Waals surface area contributed by atoms with Gasteiger partial charge in [-0.1, -0.05) is 29.5 Å². The average Bonchev–Trinajstić information content (AvgIpc) is 3.38. The predicted octanol–water partition coefficient (Wildman–Crippen LogP) is 5.03. The first-order valence-corrected chi connectivity index (χ1v) is 10.6. The molecular weight excluding hydrogens is 387 g/mol. The molecule has 0 spiro atoms. The summed E-state index contributed by atoms with van der Waals surface area (Å²) in [6.07, 6.45) is 7.72. The zero-order valence-electron chi connectivity index (χ0n) is 16.3. The summed E-state index contributed by atoms with van der Waals surface area (Å²) < 4.78 is 13.1. The molecule has 2 aromatic heterocycles. The van der Waals surface area contributed by atoms with E-state index >= 15 is 0 Å². The third-order valence-electron chi connectivity index (χ3n) is 5.24. The van der Waals surface area contributed by atoms with Crippen LogP contribution in [0.1, 0.15) is 31.7 Å². The van der Waals surface area contributed by atoms with Crippen LogP contribution in [0.2, 0.25) is 0 Å². The molecule has 7 heteroatoms. The number of likely N-dealkylation sites (tertiary alicyclic amines) is 1. The van der Waals surface area contributed by atoms with E-state index in [9.17, 15) is 9.18 Å². The number of nitrogens with one attached hydrogen (secondary N) is 1. The number of carbonyl (C=O) groups excluding carboxylic acids is 1. The normalized spacial score (nSPS) is 16.2. The summed E-state index contributed by atoms with van der Waals surface area (Å²) >= 11 is 1.50. The maximum absolute atomic E-state index is 13.1. The first-order valence-electron chi connectivity index (χ1n) is 9.79. The number of carbonyl (C=O) groups is 1. The lowest BCUT2D eigenvalue weighted by Crippen LogP contribution is -2.33. The molecule has 0 bridgehead atoms. The molecule has 5 nitrogen and oxygen atoms in total. The zero-order valence-corrected chi connectivity index (χ0v) is 17.1. The van der Waals surface area contributed by atoms with E-state index in [2.05, 4.69) is 21.4 Å². The minimum absolute atomic E-state index is 0.175. The summed E-state index contributed by atoms with van der Waals surface area (Å²) in [5.41, 5.74) is 2.10. The standard InChI is InChI=1S/C22H23FN4OS/c1-15(28)27-12-2-3-19(27)10-4-16-5-11-21(24-13-16)26-22-25-14-20(29-22)17-6-8-18(23)9-7-17/h5-9,11,13-14,19H,2-4,10,12H2,1H3,(H,24,25,26)/t19-/m1/s1. The minimum atomic E-state index is -0.247. The quantitative estimate of drug-likeness (QED) is 0.619. The van der Waals surface area contributed by atoms with Crippen LogP contribution in [0, 0.1) is 5.82 Å². The van der Waals surface area contributed by atoms with Crippen molar-refractivity contribution >= 4 is 28.2 Å². The van der Waals surface area contributed by atoms with E-state index in [0.29, 0.717) is 6.04 Å². The third kappa shape index (κ3) is 4.79. The van der Waals surface area contributed by atoms with Crippen molar-refractivity contribution in [3.8, 4) is 10.4 Å². The van der Waals surface area contributed by atoms with Crippen molar-refractivity contribution in [3.05, 3.63) is 60.2 Å². The van der Waals surface area contributed by atoms with Gasteiger partial charge in [-0.2, -0.15) is 0 Å². The van der Waals surface area contributed by atoms with E-state index in [1.165, 1.54) is 23.5 Å². The molecule has 3 heterocycles. The lowest BCUT2D eigenvalue weighted by atomic mass is 10.0. The summed E-state index contributed by atoms with van der Waals surface area (Å²) in [6, 6.07) is 10.8. The number of hydrogen-bond donors (Lipinski definition) is 1. The Balaban J connectivity index is 1.34. The highest BCUT2D eigenvalue weighted by Gasteiger charge is 2.25. The lowest BCUT2D eigenvalue weighted by molar-refractivity contribution is -0.129. The molecule has 1 aliphatic heterocycles. The van der Waals surface area contributed by atoms with Gasteiger partial charge in [-0.25, -0.2) is 14.4 Å². The maximum atomic E-state index is 13.1. The van der Waals surface area contributed by atoms with Gasteiger partial charge in [0.1, 0.15) is 11.6 Å². The van der Waals surface area contributed by atoms with Gasteiger partial charge in [0.2, 0.25) is 5.91 Å². The first kappa shape index (κ1) is 19.5. The van der Waals surface area contributed by atoms with E-state index in [0.717, 1.165) is 59.2 Å². The van der Waals surface area contributed by atoms with E-state index in [4.69, 9.17) is 0 Å². The molecule has 1 aliphatic rings. The van der Waals surface area contributed by atoms with Crippen molar-refractivity contribution in [2.45, 2.75) is 38.6 Å². The van der Waals surface area contributed by atoms with Crippen LogP contribution in [0.15, 0.2) is 48.8 Å². The summed E-state index contributed by atoms with van der Waals surface area (Å²) in [4.78, 5) is 23.5. The smallest absolute Gasteiger partial charge is 0.219 e. The number of hydrogen-bond acceptors (Lipinski definition) is 5. The summed E-state index contributed by atoms with van der Waals surface area (Å²) in [5, 5.41) is 3.96. The van der Waals surface area contributed by atoms with E-state index in [1.54, 1.807) is 25.3 Å². The van der Waals surface area contributed by atoms with Crippen LogP contribution in [0.4, 0.5) is 15.3 Å². The van der Waals surface area contributed by atoms with Gasteiger partial charge in [-0.3, -0.25) is 4.79 Å². The number of pyridine rings is 1. The highest BCUT2D eigenvalue weighted by molar-refractivity contribution is 7.18. The largest absolute Gasteiger partial charge is 0.340 e. The van der Waals surface area contributed by atoms with Crippen LogP contribution in [0.25, 0.3) is 10.4 Å². The van der Waals surface area contributed by atoms with Gasteiger partial charge in [0.15, 0.2) is 5.13 Å². The molecule has 1 fully saturated rings. The molecule has 0 aliphatic carbocycles. The monoisotopic (exact) mass is 410 g/mol. The van der Waals surface area contributed by atoms with Gasteiger partial charge in [-0.05, 0) is 55.0 Å². The summed E-state index contributed by atoms with van der Waals surface area (Å²) in [5.74, 6) is 0.663. The number of nitrogens with zero attached hydrogens (tertiary/aromatic N) is 3. The van der Waals surface area contributed by atoms with Crippen molar-refractivity contribution < 1.29 is 9.18 Å². The lowest BCUT2D eigenvalue weighted by Gasteiger charge is -2.23. The van der Waals surface area contributed by atoms with Gasteiger partial charge in [0.05, 0.1) is 4.88 Å². The molecule has 150 valence electrons. The molecule has 0 saturated carbocycles. The number of anilines is 2. The van der Waals surface area contributed by atoms with Gasteiger partial charge < -0.3 is 10.2 Å². The number of benzene rings is 1. The Hall–Kier alpha value is -2.80. The van der Waals surface area contributed by atoms with E-state index in [-0.39, 0.29) is 11.7 Å². The highest BCUT2D eigenvalue weighted by atomic mass is 32.1. The van der Waals surface area contributed by atoms with Crippen molar-refractivity contribution in [2.75, 3.05) is 11.9 Å². The molecular formula is C22H23FN4OS. The first-order chi connectivity index (χ1) is 14.1. The van der Waals surface area contributed by atoms with Crippen LogP contribution in [0.3, 0.4) is 0 Å². The second-order valence-corrected chi connectivity index (χ2v) is 8.29. The van der Waals surface area contributed by atoms with Gasteiger partial charge >= 0.3 is 0 Å². The maximum Gasteiger partial charge on any atom is 0.219 e. The molecule has 0 unspecified atom stereocenters. The third-order valence-corrected chi connectivity index (χ3v) is 6.20. The van der Waals surface area contributed by atoms with Crippen LogP contribution in [-0.2, 0) is 11.2 Å². The molecule has 29 heavy (non-hydrogen) atoms. The molecule has 1 saturated heterocycles. The van der Waals surface area contributed by atoms with Crippen LogP contribution in [0.5, 0.6) is 0 Å². The number of aromatic nitrogens is 2. The second-order valence-electron chi connectivity index (χ2n) is 7.26. The second kappa shape index (κ2) is 8.69. The zero-order chi connectivity index (χ0) is 20.2. The molecule has 1 N–H and O–H groups in total. The SMILES string of the molecule is CC(=O)N1CCC[C@@H]1CCc1ccc(Nc2ncc(-c3ccc(F)cc3)s2)nc1. The van der Waals surface area contributed by atoms with E-state index < -0.39 is 0 Å². The van der Waals surface area contributed by atoms with Crippen LogP contribution < -0.4 is 5.32 Å². The van der Waals surface area contributed by atoms with Crippen molar-refractivity contribution in [1.82, 2.24) is 14.9 Å². The number of thiazole rings is 1. The number of amides is 1. The Morgan fingerprint density at radius 1 is 1.21 bits per heavy atom. The highest BCUT2D eigenvalue weighted by Crippen LogP contribution is 2.30. The topological polar surface area (TPSA) is 58.1 Å². The fourth-order valence-electron chi connectivity index (χ4n) is 3.72. The van der Waals surface area contributed by atoms with Crippen molar-refractivity contribution in [2.24, 2.45) is 0 Å². The Labute approximate surface area is 173 Å². The Bertz CT molecular complexity index is 971. The molecule has 4 rings (SSSR count). The summed E-state index contributed by atoms with van der Waals surface area (Å²) in [6.45, 7) is 2.54. The van der Waals surface area contributed by atoms with Gasteiger partial charge in [0.25, 0.3) is 0 Å². The molecule has 1 atom stereocenters. The van der Waals surface area contributed by atoms with E-state index in [1.807, 2.05) is 17.2 Å². The molecule has 1 aromatic carbocycles. The van der Waals surface area contributed by atoms with Gasteiger partial charge in [0, 0.05) is 31.9 Å². The Kier molecular flexibility index (Phi) is 5.85. The van der Waals surface area contributed by atoms with Crippen molar-refractivity contribution in [1.29, 1.82) is 0 Å². The minimum Gasteiger partial charge on any atom is -0.340 e. The fourth-order valence-corrected chi connectivity index (χ4v) is 4.55. The number of halogens is 1. The van der Waals surface area contributed by atoms with Crippen molar-refractivity contribution in [3.63, 3.8) is 0 Å². The molecule has 1 amide bonds. The Morgan fingerprint density at radius 3 is 2.76 bits per heavy atom. The van der Waals surface area contributed by atoms with Crippen LogP contribution in [-0.4, -0.2) is 33.4 Å². The molecule has 3 aromatic rings. The number of rotatable bonds is 6. The Morgan fingerprint density at radius 2 is 2.03 bits per heavy atom. The average molecular weight is 411 g/mol. The van der Waals surface area contributed by atoms with Gasteiger partial charge in [-0.15, -0.1) is 0 Å². The fraction of sp³-hybridized carbons (Fsp3) is 0.318. The predicted molar refractivity (Wildman–Crippen MR) is 114 cm³/mol. The van der Waals surface area contributed by atoms with Crippen LogP contribution >= 0.6 is 11.3 Å². The molecule has 0 radical (unpaired) electrons.